The zero-order valence-corrected chi connectivity index (χ0v) is 46.8. The highest BCUT2D eigenvalue weighted by molar-refractivity contribution is 7.69. The number of aromatic nitrogens is 8. The van der Waals surface area contributed by atoms with Crippen molar-refractivity contribution >= 4 is 74.0 Å². The maximum atomic E-state index is 13.7. The molecule has 8 heterocycles. The van der Waals surface area contributed by atoms with Gasteiger partial charge in [-0.05, 0) is 12.0 Å². The maximum Gasteiger partial charge on any atom is 0.490 e. The number of aromatic amines is 2. The number of fused-ring (bicyclic) bond motifs is 2. The van der Waals surface area contributed by atoms with Crippen molar-refractivity contribution in [1.82, 2.24) is 33.6 Å². The van der Waals surface area contributed by atoms with Gasteiger partial charge in [-0.1, -0.05) is 6.92 Å². The second-order valence-corrected chi connectivity index (χ2v) is 25.6. The van der Waals surface area contributed by atoms with Crippen molar-refractivity contribution in [3.63, 3.8) is 0 Å². The number of aliphatic hydroxyl groups is 3. The van der Waals surface area contributed by atoms with Crippen LogP contribution in [0.2, 0.25) is 0 Å². The Morgan fingerprint density at radius 3 is 1.96 bits per heavy atom. The smallest absolute Gasteiger partial charge is 0.397 e. The third kappa shape index (κ3) is 13.9. The summed E-state index contributed by atoms with van der Waals surface area (Å²) in [5, 5.41) is 32.6. The van der Waals surface area contributed by atoms with Crippen LogP contribution in [0.3, 0.4) is 0 Å². The van der Waals surface area contributed by atoms with Gasteiger partial charge in [0.15, 0.2) is 18.3 Å². The minimum absolute atomic E-state index is 0.00825. The number of phosphoric ester groups is 3. The number of allylic oxidation sites excluding steroid dienone is 1. The summed E-state index contributed by atoms with van der Waals surface area (Å²) in [6, 6.07) is 0.915. The van der Waals surface area contributed by atoms with Crippen LogP contribution in [0.1, 0.15) is 44.1 Å². The molecule has 5 unspecified atom stereocenters. The molecule has 44 heteroatoms. The lowest BCUT2D eigenvalue weighted by atomic mass is 9.99. The van der Waals surface area contributed by atoms with E-state index in [9.17, 15) is 77.0 Å². The zero-order chi connectivity index (χ0) is 59.3. The van der Waals surface area contributed by atoms with Gasteiger partial charge >= 0.3 is 50.4 Å². The van der Waals surface area contributed by atoms with Gasteiger partial charge in [-0.3, -0.25) is 46.8 Å². The molecule has 0 aromatic carbocycles. The fraction of sp³-hybridized carbons (Fsp3) is 0.595. The highest BCUT2D eigenvalue weighted by Crippen LogP contribution is 2.71. The summed E-state index contributed by atoms with van der Waals surface area (Å²) in [7, 11) is -26.5. The van der Waals surface area contributed by atoms with E-state index in [1.807, 2.05) is 11.9 Å². The number of rotatable bonds is 24. The van der Waals surface area contributed by atoms with Crippen LogP contribution in [0, 0.1) is 5.92 Å². The number of methoxy groups -OCH3 is 2. The number of H-pyrrole nitrogens is 2. The Bertz CT molecular complexity index is 3500. The number of nitrogens with zero attached hydrogens (tertiary/aromatic N) is 7. The van der Waals surface area contributed by atoms with Crippen molar-refractivity contribution < 1.29 is 122 Å². The molecule has 0 amide bonds. The molecule has 4 aromatic heterocycles. The molecule has 14 N–H and O–H groups in total. The van der Waals surface area contributed by atoms with Crippen molar-refractivity contribution in [2.45, 2.75) is 87.3 Å². The number of hydrogen-bond acceptors (Lipinski definition) is 28. The Morgan fingerprint density at radius 1 is 0.741 bits per heavy atom. The SMILES string of the molecule is CCC1=C(N)c2ncn([C@@H]3O[C@H](COP(=O)(O)OP(=O)(O)OP(=O)(O)OP(=O)(O)OC[C@H]4O[C@@H](n5c[n+](C)c6c(=O)[nH]c(N)nc65)[C@H](O)[C@@H]4COC)[C@@H](OP(=O)(O)OC[C@H]4O[C@@H](n5ccc(=O)[nH]c5=O)[C@H](O)[C@@H]4O)[C@H]3OC)c2N=CC1. The lowest BCUT2D eigenvalue weighted by Gasteiger charge is -2.26. The van der Waals surface area contributed by atoms with Gasteiger partial charge in [-0.2, -0.15) is 22.5 Å². The second kappa shape index (κ2) is 24.3. The van der Waals surface area contributed by atoms with E-state index in [0.29, 0.717) is 12.8 Å². The van der Waals surface area contributed by atoms with Crippen molar-refractivity contribution in [3.05, 3.63) is 67.4 Å². The topological polar surface area (TPSA) is 550 Å². The minimum Gasteiger partial charge on any atom is -0.397 e. The standard InChI is InChI=1S/C37H54N11O28P5/c1-5-16-6-8-40-30-23(22(16)38)41-14-47(30)35-29(66-4)28(73-77(55,56)67-12-19-26(51)27(52)34(71-19)46-9-7-21(49)42-37(46)54)20(72-35)13-69-79(59,60)75-81(63,64)76-80(61,62)74-78(57,58)68-11-18-17(10-65-3)25(50)33(70-18)48-15-45(2)24-31(48)43-36(39)44-32(24)53/h7-9,14-15,17-20,25-29,33-35,50-52H,5-6,10-13,38H2,1-4H3,(H8-,39,42,43,44,49,53,54,55,56,57,58,59,60,61,62,63,64)/p+1/t17-,18-,19-,20-,25-,26-,27-,28-,29-,33-,34-,35-/m1/s1. The summed E-state index contributed by atoms with van der Waals surface area (Å²) >= 11 is 0. The summed E-state index contributed by atoms with van der Waals surface area (Å²) in [5.41, 5.74) is 10.8. The molecule has 81 heavy (non-hydrogen) atoms. The number of phosphoric acid groups is 5. The van der Waals surface area contributed by atoms with E-state index >= 15 is 0 Å². The number of imidazole rings is 2. The maximum absolute atomic E-state index is 13.7. The first-order valence-corrected chi connectivity index (χ1v) is 30.9. The van der Waals surface area contributed by atoms with E-state index in [-0.39, 0.29) is 40.9 Å². The largest absolute Gasteiger partial charge is 0.490 e. The Balaban J connectivity index is 0.939. The van der Waals surface area contributed by atoms with Gasteiger partial charge in [0.25, 0.3) is 16.7 Å². The number of aryl methyl sites for hydroxylation is 1. The number of anilines is 1. The van der Waals surface area contributed by atoms with Crippen LogP contribution in [0.5, 0.6) is 0 Å². The predicted octanol–water partition coefficient (Wildman–Crippen LogP) is -2.20. The average molecular weight is 1260 g/mol. The Hall–Kier alpha value is -4.40. The van der Waals surface area contributed by atoms with Crippen molar-refractivity contribution in [3.8, 4) is 0 Å². The van der Waals surface area contributed by atoms with Gasteiger partial charge in [0.1, 0.15) is 48.4 Å². The molecule has 3 fully saturated rings. The van der Waals surface area contributed by atoms with Crippen LogP contribution in [0.15, 0.2) is 49.9 Å². The second-order valence-electron chi connectivity index (χ2n) is 18.0. The molecule has 39 nitrogen and oxygen atoms in total. The third-order valence-electron chi connectivity index (χ3n) is 12.7. The molecule has 0 bridgehead atoms. The Labute approximate surface area is 453 Å². The minimum atomic E-state index is -6.44. The van der Waals surface area contributed by atoms with E-state index < -0.39 is 149 Å². The van der Waals surface area contributed by atoms with E-state index in [1.54, 1.807) is 0 Å². The normalized spacial score (nSPS) is 30.6. The van der Waals surface area contributed by atoms with Crippen LogP contribution >= 0.6 is 39.1 Å². The molecule has 450 valence electrons. The molecule has 0 radical (unpaired) electrons. The lowest BCUT2D eigenvalue weighted by molar-refractivity contribution is -0.646. The van der Waals surface area contributed by atoms with Gasteiger partial charge in [-0.25, -0.2) is 42.2 Å². The van der Waals surface area contributed by atoms with Crippen molar-refractivity contribution in [1.29, 1.82) is 0 Å². The van der Waals surface area contributed by atoms with Crippen molar-refractivity contribution in [2.75, 3.05) is 46.4 Å². The lowest BCUT2D eigenvalue weighted by Crippen LogP contribution is -2.38. The van der Waals surface area contributed by atoms with Gasteiger partial charge in [-0.15, -0.1) is 0 Å². The number of aliphatic imine (C=N–C) groups is 1. The van der Waals surface area contributed by atoms with Crippen LogP contribution in [0.25, 0.3) is 16.9 Å². The zero-order valence-electron chi connectivity index (χ0n) is 42.3. The molecule has 4 aliphatic heterocycles. The third-order valence-corrected chi connectivity index (χ3v) is 19.6. The summed E-state index contributed by atoms with van der Waals surface area (Å²) in [4.78, 5) is 106. The van der Waals surface area contributed by atoms with E-state index in [4.69, 9.17) is 53.2 Å². The van der Waals surface area contributed by atoms with Gasteiger partial charge in [0.2, 0.25) is 18.5 Å². The van der Waals surface area contributed by atoms with Gasteiger partial charge < -0.3 is 74.9 Å². The molecule has 4 aromatic rings. The fourth-order valence-corrected chi connectivity index (χ4v) is 15.0. The van der Waals surface area contributed by atoms with Crippen LogP contribution < -0.4 is 32.8 Å². The van der Waals surface area contributed by atoms with Crippen molar-refractivity contribution in [2.24, 2.45) is 23.7 Å². The quantitative estimate of drug-likeness (QED) is 0.0262. The van der Waals surface area contributed by atoms with E-state index in [0.717, 1.165) is 29.5 Å². The molecule has 8 rings (SSSR count). The first-order chi connectivity index (χ1) is 37.9. The Kier molecular flexibility index (Phi) is 18.8. The van der Waals surface area contributed by atoms with Crippen LogP contribution in [-0.2, 0) is 84.6 Å². The van der Waals surface area contributed by atoms with Crippen LogP contribution in [0.4, 0.5) is 11.8 Å². The average Bonchev–Trinajstić information content (AvgIpc) is 3.53. The van der Waals surface area contributed by atoms with Gasteiger partial charge in [0, 0.05) is 45.0 Å². The summed E-state index contributed by atoms with van der Waals surface area (Å²) in [6.45, 7) is -1.85. The van der Waals surface area contributed by atoms with E-state index in [1.165, 1.54) is 46.7 Å². The molecular weight excluding hydrogens is 1200 g/mol. The highest BCUT2D eigenvalue weighted by atomic mass is 31.3. The van der Waals surface area contributed by atoms with Crippen LogP contribution in [-0.4, -0.2) is 169 Å². The molecule has 3 saturated heterocycles. The summed E-state index contributed by atoms with van der Waals surface area (Å²) in [5.74, 6) is -1.32. The number of nitrogen functional groups attached to an aromatic ring is 1. The monoisotopic (exact) mass is 1260 g/mol. The number of ether oxygens (including phenoxy) is 5. The molecule has 0 spiro atoms. The number of nitrogens with one attached hydrogen (secondary N) is 2. The fourth-order valence-electron chi connectivity index (χ4n) is 9.08. The summed E-state index contributed by atoms with van der Waals surface area (Å²) in [6.07, 6.45) is -12.5. The highest BCUT2D eigenvalue weighted by Gasteiger charge is 2.54. The Morgan fingerprint density at radius 2 is 1.33 bits per heavy atom. The number of nitrogens with two attached hydrogens (primary N) is 2. The summed E-state index contributed by atoms with van der Waals surface area (Å²) < 4.78 is 131. The van der Waals surface area contributed by atoms with E-state index in [2.05, 4.69) is 32.9 Å². The van der Waals surface area contributed by atoms with Gasteiger partial charge in [0.05, 0.1) is 51.6 Å². The number of aliphatic hydroxyl groups excluding tert-OH is 3. The molecule has 0 saturated carbocycles. The molecule has 4 aliphatic rings. The molecule has 17 atom stereocenters. The molecular formula is C37H55N11O28P5+. The predicted molar refractivity (Wildman–Crippen MR) is 265 cm³/mol. The number of hydrogen-bond donors (Lipinski definition) is 12. The first kappa shape index (κ1) is 62.6. The first-order valence-electron chi connectivity index (χ1n) is 23.4. The molecule has 0 aliphatic carbocycles.